The Hall–Kier alpha value is -0.940. The molecule has 5 heteroatoms. The van der Waals surface area contributed by atoms with Gasteiger partial charge in [0.1, 0.15) is 5.60 Å². The lowest BCUT2D eigenvalue weighted by molar-refractivity contribution is -0.0106. The molecule has 17 heavy (non-hydrogen) atoms. The lowest BCUT2D eigenvalue weighted by Gasteiger charge is -2.21. The van der Waals surface area contributed by atoms with E-state index >= 15 is 0 Å². The Morgan fingerprint density at radius 1 is 1.47 bits per heavy atom. The quantitative estimate of drug-likeness (QED) is 0.827. The third-order valence-electron chi connectivity index (χ3n) is 3.08. The lowest BCUT2D eigenvalue weighted by atomic mass is 10.0. The summed E-state index contributed by atoms with van der Waals surface area (Å²) >= 11 is 0. The van der Waals surface area contributed by atoms with Gasteiger partial charge < -0.3 is 15.0 Å². The van der Waals surface area contributed by atoms with E-state index in [1.807, 2.05) is 13.8 Å². The Labute approximate surface area is 103 Å². The van der Waals surface area contributed by atoms with Crippen LogP contribution in [0.3, 0.4) is 0 Å². The van der Waals surface area contributed by atoms with Crippen LogP contribution < -0.4 is 5.73 Å². The lowest BCUT2D eigenvalue weighted by Crippen LogP contribution is -2.25. The van der Waals surface area contributed by atoms with Crippen LogP contribution >= 0.6 is 0 Å². The summed E-state index contributed by atoms with van der Waals surface area (Å²) in [6.45, 7) is 8.19. The van der Waals surface area contributed by atoms with Gasteiger partial charge in [0.15, 0.2) is 0 Å². The van der Waals surface area contributed by atoms with Gasteiger partial charge in [-0.25, -0.2) is 0 Å². The van der Waals surface area contributed by atoms with Gasteiger partial charge >= 0.3 is 0 Å². The summed E-state index contributed by atoms with van der Waals surface area (Å²) in [6.07, 6.45) is 1.61. The highest BCUT2D eigenvalue weighted by atomic mass is 16.5. The van der Waals surface area contributed by atoms with Crippen LogP contribution in [0, 0.1) is 5.92 Å². The van der Waals surface area contributed by atoms with Crippen molar-refractivity contribution in [3.8, 4) is 0 Å². The molecule has 0 aliphatic carbocycles. The Morgan fingerprint density at radius 2 is 2.12 bits per heavy atom. The third kappa shape index (κ3) is 3.26. The first-order valence-corrected chi connectivity index (χ1v) is 6.07. The SMILES string of the molecule is CCC(C)(OC)c1noc([C@H](N)CC(C)C)n1. The van der Waals surface area contributed by atoms with Crippen molar-refractivity contribution >= 4 is 0 Å². The number of methoxy groups -OCH3 is 1. The van der Waals surface area contributed by atoms with E-state index in [2.05, 4.69) is 24.0 Å². The maximum atomic E-state index is 6.00. The molecule has 98 valence electrons. The van der Waals surface area contributed by atoms with Crippen molar-refractivity contribution in [3.63, 3.8) is 0 Å². The monoisotopic (exact) mass is 241 g/mol. The standard InChI is InChI=1S/C12H23N3O2/c1-6-12(4,16-5)11-14-10(17-15-11)9(13)7-8(2)3/h8-9H,6-7,13H2,1-5H3/t9-,12?/m1/s1. The van der Waals surface area contributed by atoms with Crippen molar-refractivity contribution in [1.82, 2.24) is 10.1 Å². The summed E-state index contributed by atoms with van der Waals surface area (Å²) in [5.74, 6) is 1.56. The summed E-state index contributed by atoms with van der Waals surface area (Å²) in [5.41, 5.74) is 5.50. The highest BCUT2D eigenvalue weighted by molar-refractivity contribution is 5.01. The van der Waals surface area contributed by atoms with Crippen LogP contribution in [0.2, 0.25) is 0 Å². The van der Waals surface area contributed by atoms with E-state index in [-0.39, 0.29) is 6.04 Å². The highest BCUT2D eigenvalue weighted by Crippen LogP contribution is 2.27. The highest BCUT2D eigenvalue weighted by Gasteiger charge is 2.31. The molecule has 1 aromatic rings. The zero-order valence-corrected chi connectivity index (χ0v) is 11.4. The maximum absolute atomic E-state index is 6.00. The third-order valence-corrected chi connectivity index (χ3v) is 3.08. The number of rotatable bonds is 6. The summed E-state index contributed by atoms with van der Waals surface area (Å²) in [7, 11) is 1.65. The van der Waals surface area contributed by atoms with E-state index in [1.165, 1.54) is 0 Å². The van der Waals surface area contributed by atoms with Crippen LogP contribution in [0.1, 0.15) is 58.3 Å². The smallest absolute Gasteiger partial charge is 0.243 e. The van der Waals surface area contributed by atoms with Crippen LogP contribution in [0.4, 0.5) is 0 Å². The first-order chi connectivity index (χ1) is 7.92. The molecule has 1 rings (SSSR count). The molecule has 2 atom stereocenters. The average Bonchev–Trinajstić information content (AvgIpc) is 2.77. The fourth-order valence-electron chi connectivity index (χ4n) is 1.60. The van der Waals surface area contributed by atoms with Crippen LogP contribution in [0.15, 0.2) is 4.52 Å². The van der Waals surface area contributed by atoms with E-state index in [1.54, 1.807) is 7.11 Å². The molecule has 1 aromatic heterocycles. The van der Waals surface area contributed by atoms with Gasteiger partial charge in [-0.3, -0.25) is 0 Å². The van der Waals surface area contributed by atoms with E-state index in [4.69, 9.17) is 15.0 Å². The maximum Gasteiger partial charge on any atom is 0.243 e. The van der Waals surface area contributed by atoms with Crippen molar-refractivity contribution in [2.75, 3.05) is 7.11 Å². The van der Waals surface area contributed by atoms with Crippen LogP contribution in [-0.2, 0) is 10.3 Å². The molecular formula is C12H23N3O2. The van der Waals surface area contributed by atoms with Gasteiger partial charge in [-0.2, -0.15) is 4.98 Å². The van der Waals surface area contributed by atoms with Crippen molar-refractivity contribution in [2.24, 2.45) is 11.7 Å². The van der Waals surface area contributed by atoms with Crippen molar-refractivity contribution in [3.05, 3.63) is 11.7 Å². The Balaban J connectivity index is 2.84. The van der Waals surface area contributed by atoms with E-state index in [9.17, 15) is 0 Å². The molecule has 0 spiro atoms. The average molecular weight is 241 g/mol. The predicted octanol–water partition coefficient (Wildman–Crippen LogP) is 2.39. The molecule has 0 aliphatic heterocycles. The van der Waals surface area contributed by atoms with Crippen molar-refractivity contribution in [1.29, 1.82) is 0 Å². The number of ether oxygens (including phenoxy) is 1. The summed E-state index contributed by atoms with van der Waals surface area (Å²) in [4.78, 5) is 4.35. The normalized spacial score (nSPS) is 17.1. The molecular weight excluding hydrogens is 218 g/mol. The summed E-state index contributed by atoms with van der Waals surface area (Å²) < 4.78 is 10.6. The molecule has 2 N–H and O–H groups in total. The topological polar surface area (TPSA) is 74.2 Å². The van der Waals surface area contributed by atoms with Gasteiger partial charge in [-0.1, -0.05) is 25.9 Å². The zero-order valence-electron chi connectivity index (χ0n) is 11.4. The largest absolute Gasteiger partial charge is 0.370 e. The first kappa shape index (κ1) is 14.1. The molecule has 0 saturated heterocycles. The van der Waals surface area contributed by atoms with Gasteiger partial charge in [0.25, 0.3) is 0 Å². The predicted molar refractivity (Wildman–Crippen MR) is 65.3 cm³/mol. The Kier molecular flexibility index (Phi) is 4.65. The van der Waals surface area contributed by atoms with Gasteiger partial charge in [0, 0.05) is 7.11 Å². The summed E-state index contributed by atoms with van der Waals surface area (Å²) in [6, 6.07) is -0.200. The van der Waals surface area contributed by atoms with E-state index in [0.717, 1.165) is 12.8 Å². The second-order valence-electron chi connectivity index (χ2n) is 4.98. The van der Waals surface area contributed by atoms with E-state index < -0.39 is 5.60 Å². The minimum atomic E-state index is -0.501. The molecule has 1 unspecified atom stereocenters. The second-order valence-corrected chi connectivity index (χ2v) is 4.98. The molecule has 0 saturated carbocycles. The first-order valence-electron chi connectivity index (χ1n) is 6.07. The fourth-order valence-corrected chi connectivity index (χ4v) is 1.60. The van der Waals surface area contributed by atoms with Gasteiger partial charge in [0.05, 0.1) is 6.04 Å². The molecule has 1 heterocycles. The molecule has 0 aromatic carbocycles. The number of aromatic nitrogens is 2. The number of hydrogen-bond donors (Lipinski definition) is 1. The minimum absolute atomic E-state index is 0.200. The second kappa shape index (κ2) is 5.60. The Morgan fingerprint density at radius 3 is 2.59 bits per heavy atom. The minimum Gasteiger partial charge on any atom is -0.370 e. The number of hydrogen-bond acceptors (Lipinski definition) is 5. The molecule has 0 radical (unpaired) electrons. The van der Waals surface area contributed by atoms with Crippen LogP contribution in [0.5, 0.6) is 0 Å². The van der Waals surface area contributed by atoms with Crippen molar-refractivity contribution in [2.45, 2.75) is 52.2 Å². The van der Waals surface area contributed by atoms with Gasteiger partial charge in [-0.05, 0) is 25.7 Å². The molecule has 0 fully saturated rings. The number of nitrogens with zero attached hydrogens (tertiary/aromatic N) is 2. The van der Waals surface area contributed by atoms with E-state index in [0.29, 0.717) is 17.6 Å². The van der Waals surface area contributed by atoms with Gasteiger partial charge in [-0.15, -0.1) is 0 Å². The molecule has 0 amide bonds. The van der Waals surface area contributed by atoms with Crippen LogP contribution in [0.25, 0.3) is 0 Å². The Bertz CT molecular complexity index is 345. The molecule has 0 aliphatic rings. The van der Waals surface area contributed by atoms with Gasteiger partial charge in [0.2, 0.25) is 11.7 Å². The zero-order chi connectivity index (χ0) is 13.1. The molecule has 5 nitrogen and oxygen atoms in total. The number of nitrogens with two attached hydrogens (primary N) is 1. The van der Waals surface area contributed by atoms with Crippen LogP contribution in [-0.4, -0.2) is 17.3 Å². The van der Waals surface area contributed by atoms with Crippen molar-refractivity contribution < 1.29 is 9.26 Å². The fraction of sp³-hybridized carbons (Fsp3) is 0.833. The molecule has 0 bridgehead atoms. The summed E-state index contributed by atoms with van der Waals surface area (Å²) in [5, 5.41) is 3.97.